The molecule has 0 amide bonds. The van der Waals surface area contributed by atoms with Gasteiger partial charge in [-0.2, -0.15) is 4.98 Å². The average Bonchev–Trinajstić information content (AvgIpc) is 3.09. The van der Waals surface area contributed by atoms with E-state index in [1.807, 2.05) is 25.3 Å². The Balaban J connectivity index is 2.18. The number of hydrogen-bond donors (Lipinski definition) is 1. The van der Waals surface area contributed by atoms with E-state index in [9.17, 15) is 4.79 Å². The number of nitrogens with zero attached hydrogens (tertiary/aromatic N) is 3. The SMILES string of the molecule is CCOC(=O)C1=C(C)Nc2nc(SC)nn2[C@@H]1c1ccc(OC)c(OC)c1. The van der Waals surface area contributed by atoms with Crippen molar-refractivity contribution in [2.75, 3.05) is 32.4 Å². The van der Waals surface area contributed by atoms with E-state index in [0.717, 1.165) is 5.56 Å². The molecule has 1 N–H and O–H groups in total. The van der Waals surface area contributed by atoms with Crippen LogP contribution in [0.25, 0.3) is 0 Å². The third-order valence-electron chi connectivity index (χ3n) is 4.23. The minimum Gasteiger partial charge on any atom is -0.493 e. The number of fused-ring (bicyclic) bond motifs is 1. The van der Waals surface area contributed by atoms with Crippen LogP contribution in [0.3, 0.4) is 0 Å². The molecule has 2 heterocycles. The van der Waals surface area contributed by atoms with Crippen LogP contribution in [0.4, 0.5) is 5.95 Å². The number of allylic oxidation sites excluding steroid dienone is 1. The number of methoxy groups -OCH3 is 2. The van der Waals surface area contributed by atoms with Crippen molar-refractivity contribution in [3.8, 4) is 11.5 Å². The van der Waals surface area contributed by atoms with Crippen molar-refractivity contribution < 1.29 is 19.0 Å². The molecule has 0 saturated heterocycles. The highest BCUT2D eigenvalue weighted by Crippen LogP contribution is 2.39. The summed E-state index contributed by atoms with van der Waals surface area (Å²) in [6, 6.07) is 5.04. The molecule has 27 heavy (non-hydrogen) atoms. The normalized spacial score (nSPS) is 15.8. The number of carbonyl (C=O) groups is 1. The Labute approximate surface area is 161 Å². The van der Waals surface area contributed by atoms with Crippen LogP contribution in [-0.4, -0.2) is 47.8 Å². The number of carbonyl (C=O) groups excluding carboxylic acids is 1. The largest absolute Gasteiger partial charge is 0.493 e. The summed E-state index contributed by atoms with van der Waals surface area (Å²) < 4.78 is 17.7. The summed E-state index contributed by atoms with van der Waals surface area (Å²) in [5.74, 6) is 1.36. The van der Waals surface area contributed by atoms with Gasteiger partial charge in [0.2, 0.25) is 11.1 Å². The van der Waals surface area contributed by atoms with Crippen LogP contribution in [0.2, 0.25) is 0 Å². The van der Waals surface area contributed by atoms with E-state index in [4.69, 9.17) is 14.2 Å². The number of thioether (sulfide) groups is 1. The minimum absolute atomic E-state index is 0.286. The summed E-state index contributed by atoms with van der Waals surface area (Å²) in [5, 5.41) is 8.31. The third-order valence-corrected chi connectivity index (χ3v) is 4.77. The van der Waals surface area contributed by atoms with E-state index in [0.29, 0.717) is 33.9 Å². The quantitative estimate of drug-likeness (QED) is 0.595. The molecule has 0 radical (unpaired) electrons. The van der Waals surface area contributed by atoms with Gasteiger partial charge in [0.25, 0.3) is 0 Å². The van der Waals surface area contributed by atoms with E-state index in [-0.39, 0.29) is 6.61 Å². The zero-order valence-electron chi connectivity index (χ0n) is 15.9. The number of nitrogens with one attached hydrogen (secondary N) is 1. The molecule has 144 valence electrons. The van der Waals surface area contributed by atoms with Gasteiger partial charge in [0.05, 0.1) is 26.4 Å². The van der Waals surface area contributed by atoms with Gasteiger partial charge in [0.1, 0.15) is 6.04 Å². The highest BCUT2D eigenvalue weighted by atomic mass is 32.2. The Hall–Kier alpha value is -2.68. The first kappa shape index (κ1) is 19.1. The van der Waals surface area contributed by atoms with Crippen LogP contribution >= 0.6 is 11.8 Å². The van der Waals surface area contributed by atoms with Crippen molar-refractivity contribution in [1.29, 1.82) is 0 Å². The Kier molecular flexibility index (Phi) is 5.59. The van der Waals surface area contributed by atoms with Crippen LogP contribution in [0.5, 0.6) is 11.5 Å². The van der Waals surface area contributed by atoms with Gasteiger partial charge >= 0.3 is 5.97 Å². The predicted molar refractivity (Wildman–Crippen MR) is 102 cm³/mol. The van der Waals surface area contributed by atoms with E-state index in [1.165, 1.54) is 11.8 Å². The van der Waals surface area contributed by atoms with E-state index in [1.54, 1.807) is 31.9 Å². The number of rotatable bonds is 6. The number of esters is 1. The highest BCUT2D eigenvalue weighted by molar-refractivity contribution is 7.98. The standard InChI is InChI=1S/C18H22N4O4S/c1-6-26-16(23)14-10(2)19-17-20-18(27-5)21-22(17)15(14)11-7-8-12(24-3)13(9-11)25-4/h7-9,15H,6H2,1-5H3,(H,19,20,21)/t15-/m1/s1. The predicted octanol–water partition coefficient (Wildman–Crippen LogP) is 2.87. The summed E-state index contributed by atoms with van der Waals surface area (Å²) in [6.45, 7) is 3.90. The third kappa shape index (κ3) is 3.46. The number of ether oxygens (including phenoxy) is 3. The molecule has 0 spiro atoms. The van der Waals surface area contributed by atoms with Gasteiger partial charge in [-0.05, 0) is 37.8 Å². The summed E-state index contributed by atoms with van der Waals surface area (Å²) in [7, 11) is 3.15. The van der Waals surface area contributed by atoms with Gasteiger partial charge in [-0.15, -0.1) is 5.10 Å². The molecule has 2 aromatic rings. The van der Waals surface area contributed by atoms with Crippen molar-refractivity contribution in [1.82, 2.24) is 14.8 Å². The second-order valence-corrected chi connectivity index (χ2v) is 6.54. The maximum Gasteiger partial charge on any atom is 0.338 e. The minimum atomic E-state index is -0.492. The number of hydrogen-bond acceptors (Lipinski definition) is 8. The molecule has 1 atom stereocenters. The van der Waals surface area contributed by atoms with Crippen LogP contribution in [0.1, 0.15) is 25.5 Å². The summed E-state index contributed by atoms with van der Waals surface area (Å²) in [4.78, 5) is 17.2. The number of anilines is 1. The molecule has 9 heteroatoms. The number of aromatic nitrogens is 3. The summed E-state index contributed by atoms with van der Waals surface area (Å²) >= 11 is 1.43. The maximum atomic E-state index is 12.7. The fourth-order valence-corrected chi connectivity index (χ4v) is 3.37. The lowest BCUT2D eigenvalue weighted by molar-refractivity contribution is -0.139. The lowest BCUT2D eigenvalue weighted by atomic mass is 9.95. The topological polar surface area (TPSA) is 87.5 Å². The fourth-order valence-electron chi connectivity index (χ4n) is 3.02. The molecular weight excluding hydrogens is 368 g/mol. The monoisotopic (exact) mass is 390 g/mol. The fraction of sp³-hybridized carbons (Fsp3) is 0.389. The first-order valence-electron chi connectivity index (χ1n) is 8.41. The van der Waals surface area contributed by atoms with Crippen LogP contribution in [0.15, 0.2) is 34.6 Å². The summed E-state index contributed by atoms with van der Waals surface area (Å²) in [5.41, 5.74) is 1.98. The van der Waals surface area contributed by atoms with Gasteiger partial charge in [0.15, 0.2) is 11.5 Å². The van der Waals surface area contributed by atoms with Gasteiger partial charge in [-0.3, -0.25) is 0 Å². The number of benzene rings is 1. The Morgan fingerprint density at radius 1 is 1.30 bits per heavy atom. The van der Waals surface area contributed by atoms with Crippen LogP contribution in [-0.2, 0) is 9.53 Å². The molecule has 0 unspecified atom stereocenters. The molecule has 1 aliphatic heterocycles. The first-order chi connectivity index (χ1) is 13.0. The van der Waals surface area contributed by atoms with Crippen molar-refractivity contribution in [3.63, 3.8) is 0 Å². The summed E-state index contributed by atoms with van der Waals surface area (Å²) in [6.07, 6.45) is 1.90. The molecule has 8 nitrogen and oxygen atoms in total. The molecule has 1 aromatic carbocycles. The van der Waals surface area contributed by atoms with E-state index >= 15 is 0 Å². The lowest BCUT2D eigenvalue weighted by Gasteiger charge is -2.28. The van der Waals surface area contributed by atoms with Crippen molar-refractivity contribution >= 4 is 23.7 Å². The Bertz CT molecular complexity index is 893. The molecular formula is C18H22N4O4S. The zero-order chi connectivity index (χ0) is 19.6. The van der Waals surface area contributed by atoms with Gasteiger partial charge in [-0.25, -0.2) is 9.48 Å². The van der Waals surface area contributed by atoms with Crippen molar-refractivity contribution in [2.45, 2.75) is 25.0 Å². The molecule has 0 saturated carbocycles. The zero-order valence-corrected chi connectivity index (χ0v) is 16.7. The Morgan fingerprint density at radius 3 is 2.67 bits per heavy atom. The molecule has 0 aliphatic carbocycles. The van der Waals surface area contributed by atoms with E-state index < -0.39 is 12.0 Å². The second-order valence-electron chi connectivity index (χ2n) is 5.77. The van der Waals surface area contributed by atoms with Gasteiger partial charge < -0.3 is 19.5 Å². The second kappa shape index (κ2) is 7.91. The van der Waals surface area contributed by atoms with Crippen LogP contribution in [0, 0.1) is 0 Å². The lowest BCUT2D eigenvalue weighted by Crippen LogP contribution is -2.29. The van der Waals surface area contributed by atoms with E-state index in [2.05, 4.69) is 15.4 Å². The highest BCUT2D eigenvalue weighted by Gasteiger charge is 2.35. The van der Waals surface area contributed by atoms with Crippen molar-refractivity contribution in [3.05, 3.63) is 35.0 Å². The molecule has 3 rings (SSSR count). The molecule has 0 fully saturated rings. The molecule has 1 aliphatic rings. The average molecular weight is 390 g/mol. The first-order valence-corrected chi connectivity index (χ1v) is 9.63. The van der Waals surface area contributed by atoms with Crippen molar-refractivity contribution in [2.24, 2.45) is 0 Å². The molecule has 1 aromatic heterocycles. The van der Waals surface area contributed by atoms with Gasteiger partial charge in [-0.1, -0.05) is 17.8 Å². The maximum absolute atomic E-state index is 12.7. The molecule has 0 bridgehead atoms. The van der Waals surface area contributed by atoms with Gasteiger partial charge in [0, 0.05) is 5.70 Å². The Morgan fingerprint density at radius 2 is 2.04 bits per heavy atom. The smallest absolute Gasteiger partial charge is 0.338 e. The van der Waals surface area contributed by atoms with Crippen LogP contribution < -0.4 is 14.8 Å².